The van der Waals surface area contributed by atoms with E-state index >= 15 is 0 Å². The summed E-state index contributed by atoms with van der Waals surface area (Å²) in [7, 11) is 0. The largest absolute Gasteiger partial charge is 0.472 e. The summed E-state index contributed by atoms with van der Waals surface area (Å²) in [4.78, 5) is 13.4. The molecule has 0 aliphatic carbocycles. The molecule has 0 saturated carbocycles. The molecular formula is C20H19N5O. The zero-order valence-electron chi connectivity index (χ0n) is 14.2. The molecule has 0 aliphatic heterocycles. The van der Waals surface area contributed by atoms with Crippen LogP contribution < -0.4 is 5.32 Å². The fourth-order valence-corrected chi connectivity index (χ4v) is 2.71. The van der Waals surface area contributed by atoms with Crippen molar-refractivity contribution >= 4 is 5.82 Å². The lowest BCUT2D eigenvalue weighted by Crippen LogP contribution is -2.08. The summed E-state index contributed by atoms with van der Waals surface area (Å²) in [5.41, 5.74) is 2.76. The Kier molecular flexibility index (Phi) is 4.73. The molecule has 3 aromatic heterocycles. The number of hydrogen-bond acceptors (Lipinski definition) is 5. The van der Waals surface area contributed by atoms with E-state index in [0.29, 0.717) is 5.82 Å². The van der Waals surface area contributed by atoms with Crippen LogP contribution in [0.2, 0.25) is 0 Å². The van der Waals surface area contributed by atoms with E-state index in [1.807, 2.05) is 55.0 Å². The Morgan fingerprint density at radius 2 is 1.96 bits per heavy atom. The molecule has 130 valence electrons. The molecule has 6 heteroatoms. The van der Waals surface area contributed by atoms with E-state index in [2.05, 4.69) is 19.9 Å². The van der Waals surface area contributed by atoms with E-state index in [9.17, 15) is 0 Å². The molecule has 0 spiro atoms. The molecule has 3 heterocycles. The van der Waals surface area contributed by atoms with Crippen LogP contribution in [0.5, 0.6) is 0 Å². The van der Waals surface area contributed by atoms with Gasteiger partial charge in [-0.05, 0) is 12.5 Å². The zero-order valence-corrected chi connectivity index (χ0v) is 14.2. The smallest absolute Gasteiger partial charge is 0.162 e. The summed E-state index contributed by atoms with van der Waals surface area (Å²) >= 11 is 0. The summed E-state index contributed by atoms with van der Waals surface area (Å²) in [6.45, 7) is 1.73. The van der Waals surface area contributed by atoms with Crippen molar-refractivity contribution in [2.24, 2.45) is 0 Å². The van der Waals surface area contributed by atoms with Crippen LogP contribution in [0.4, 0.5) is 5.82 Å². The summed E-state index contributed by atoms with van der Waals surface area (Å²) in [5, 5.41) is 3.40. The number of aromatic nitrogens is 4. The van der Waals surface area contributed by atoms with Gasteiger partial charge in [0.15, 0.2) is 5.82 Å². The van der Waals surface area contributed by atoms with Crippen molar-refractivity contribution in [3.05, 3.63) is 73.7 Å². The average Bonchev–Trinajstić information content (AvgIpc) is 3.40. The zero-order chi connectivity index (χ0) is 17.6. The third-order valence-electron chi connectivity index (χ3n) is 4.03. The molecule has 26 heavy (non-hydrogen) atoms. The standard InChI is InChI=1S/C20H19N5O/c1-2-5-16(6-3-1)20-23-18(17-7-12-26-14-17)13-19(24-20)22-8-4-10-25-11-9-21-15-25/h1-3,5-7,9,11-15H,4,8,10H2,(H,22,23,24). The lowest BCUT2D eigenvalue weighted by Gasteiger charge is -2.10. The molecule has 0 bridgehead atoms. The second-order valence-corrected chi connectivity index (χ2v) is 5.92. The second-order valence-electron chi connectivity index (χ2n) is 5.92. The maximum Gasteiger partial charge on any atom is 0.162 e. The first-order valence-electron chi connectivity index (χ1n) is 8.55. The minimum atomic E-state index is 0.696. The Hall–Kier alpha value is -3.41. The van der Waals surface area contributed by atoms with E-state index in [-0.39, 0.29) is 0 Å². The molecular weight excluding hydrogens is 326 g/mol. The van der Waals surface area contributed by atoms with Gasteiger partial charge in [-0.15, -0.1) is 0 Å². The van der Waals surface area contributed by atoms with Gasteiger partial charge in [-0.25, -0.2) is 15.0 Å². The van der Waals surface area contributed by atoms with E-state index in [0.717, 1.165) is 42.1 Å². The van der Waals surface area contributed by atoms with Crippen molar-refractivity contribution in [3.63, 3.8) is 0 Å². The van der Waals surface area contributed by atoms with Crippen molar-refractivity contribution in [2.45, 2.75) is 13.0 Å². The fourth-order valence-electron chi connectivity index (χ4n) is 2.71. The Labute approximate surface area is 151 Å². The highest BCUT2D eigenvalue weighted by atomic mass is 16.3. The number of nitrogens with zero attached hydrogens (tertiary/aromatic N) is 4. The molecule has 0 radical (unpaired) electrons. The predicted molar refractivity (Wildman–Crippen MR) is 101 cm³/mol. The van der Waals surface area contributed by atoms with Gasteiger partial charge in [-0.1, -0.05) is 30.3 Å². The van der Waals surface area contributed by atoms with Gasteiger partial charge < -0.3 is 14.3 Å². The van der Waals surface area contributed by atoms with E-state index in [1.54, 1.807) is 18.7 Å². The quantitative estimate of drug-likeness (QED) is 0.511. The van der Waals surface area contributed by atoms with Crippen molar-refractivity contribution in [2.75, 3.05) is 11.9 Å². The molecule has 1 aromatic carbocycles. The maximum atomic E-state index is 5.20. The third-order valence-corrected chi connectivity index (χ3v) is 4.03. The van der Waals surface area contributed by atoms with Crippen molar-refractivity contribution < 1.29 is 4.42 Å². The van der Waals surface area contributed by atoms with Crippen LogP contribution in [0.25, 0.3) is 22.6 Å². The molecule has 0 fully saturated rings. The molecule has 0 saturated heterocycles. The summed E-state index contributed by atoms with van der Waals surface area (Å²) in [5.74, 6) is 1.50. The van der Waals surface area contributed by atoms with Gasteiger partial charge in [0.1, 0.15) is 5.82 Å². The maximum absolute atomic E-state index is 5.20. The van der Waals surface area contributed by atoms with Crippen LogP contribution in [-0.4, -0.2) is 26.1 Å². The number of nitrogens with one attached hydrogen (secondary N) is 1. The summed E-state index contributed by atoms with van der Waals surface area (Å²) < 4.78 is 7.27. The molecule has 0 aliphatic rings. The number of imidazole rings is 1. The molecule has 0 amide bonds. The first kappa shape index (κ1) is 16.1. The number of furan rings is 1. The first-order chi connectivity index (χ1) is 12.9. The van der Waals surface area contributed by atoms with Crippen molar-refractivity contribution in [3.8, 4) is 22.6 Å². The normalized spacial score (nSPS) is 10.8. The summed E-state index contributed by atoms with van der Waals surface area (Å²) in [6.07, 6.45) is 9.91. The predicted octanol–water partition coefficient (Wildman–Crippen LogP) is 4.10. The highest BCUT2D eigenvalue weighted by molar-refractivity contribution is 5.66. The SMILES string of the molecule is c1ccc(-c2nc(NCCCn3ccnc3)cc(-c3ccoc3)n2)cc1. The highest BCUT2D eigenvalue weighted by Crippen LogP contribution is 2.24. The Morgan fingerprint density at radius 3 is 2.73 bits per heavy atom. The lowest BCUT2D eigenvalue weighted by atomic mass is 10.2. The van der Waals surface area contributed by atoms with Gasteiger partial charge in [0, 0.05) is 42.7 Å². The van der Waals surface area contributed by atoms with Crippen LogP contribution >= 0.6 is 0 Å². The van der Waals surface area contributed by atoms with Crippen molar-refractivity contribution in [1.82, 2.24) is 19.5 Å². The van der Waals surface area contributed by atoms with Crippen LogP contribution in [0, 0.1) is 0 Å². The minimum Gasteiger partial charge on any atom is -0.472 e. The molecule has 6 nitrogen and oxygen atoms in total. The molecule has 4 rings (SSSR count). The van der Waals surface area contributed by atoms with Crippen LogP contribution in [0.15, 0.2) is 78.1 Å². The Bertz CT molecular complexity index is 934. The molecule has 1 N–H and O–H groups in total. The molecule has 0 atom stereocenters. The first-order valence-corrected chi connectivity index (χ1v) is 8.55. The van der Waals surface area contributed by atoms with Crippen LogP contribution in [0.3, 0.4) is 0 Å². The topological polar surface area (TPSA) is 68.8 Å². The average molecular weight is 345 g/mol. The van der Waals surface area contributed by atoms with Gasteiger partial charge in [0.05, 0.1) is 24.5 Å². The van der Waals surface area contributed by atoms with Crippen LogP contribution in [-0.2, 0) is 6.54 Å². The number of rotatable bonds is 7. The minimum absolute atomic E-state index is 0.696. The van der Waals surface area contributed by atoms with E-state index < -0.39 is 0 Å². The summed E-state index contributed by atoms with van der Waals surface area (Å²) in [6, 6.07) is 13.8. The van der Waals surface area contributed by atoms with E-state index in [1.165, 1.54) is 0 Å². The molecule has 0 unspecified atom stereocenters. The van der Waals surface area contributed by atoms with Gasteiger partial charge in [0.2, 0.25) is 0 Å². The highest BCUT2D eigenvalue weighted by Gasteiger charge is 2.09. The number of anilines is 1. The van der Waals surface area contributed by atoms with Crippen molar-refractivity contribution in [1.29, 1.82) is 0 Å². The molecule has 4 aromatic rings. The third kappa shape index (κ3) is 3.80. The van der Waals surface area contributed by atoms with Gasteiger partial charge in [-0.3, -0.25) is 0 Å². The van der Waals surface area contributed by atoms with E-state index in [4.69, 9.17) is 9.40 Å². The monoisotopic (exact) mass is 345 g/mol. The second kappa shape index (κ2) is 7.65. The lowest BCUT2D eigenvalue weighted by molar-refractivity contribution is 0.568. The Morgan fingerprint density at radius 1 is 1.04 bits per heavy atom. The fraction of sp³-hybridized carbons (Fsp3) is 0.150. The van der Waals surface area contributed by atoms with Gasteiger partial charge >= 0.3 is 0 Å². The Balaban J connectivity index is 1.54. The van der Waals surface area contributed by atoms with Crippen LogP contribution in [0.1, 0.15) is 6.42 Å². The van der Waals surface area contributed by atoms with Gasteiger partial charge in [0.25, 0.3) is 0 Å². The van der Waals surface area contributed by atoms with Gasteiger partial charge in [-0.2, -0.15) is 0 Å². The number of benzene rings is 1. The number of hydrogen-bond donors (Lipinski definition) is 1. The number of aryl methyl sites for hydroxylation is 1.